The first-order valence-corrected chi connectivity index (χ1v) is 22.5. The molecule has 0 bridgehead atoms. The van der Waals surface area contributed by atoms with Crippen LogP contribution in [0.3, 0.4) is 0 Å². The van der Waals surface area contributed by atoms with Crippen LogP contribution < -0.4 is 39.9 Å². The van der Waals surface area contributed by atoms with E-state index in [4.69, 9.17) is 29.3 Å². The van der Waals surface area contributed by atoms with Crippen molar-refractivity contribution < 1.29 is 38.9 Å². The Labute approximate surface area is 397 Å². The number of amidine groups is 2. The molecule has 2 amide bonds. The molecule has 4 aromatic carbocycles. The summed E-state index contributed by atoms with van der Waals surface area (Å²) in [5.41, 5.74) is 13.8. The molecule has 18 nitrogen and oxygen atoms in total. The van der Waals surface area contributed by atoms with Gasteiger partial charge in [-0.25, -0.2) is 10.9 Å². The van der Waals surface area contributed by atoms with E-state index in [1.807, 2.05) is 35.8 Å². The first-order valence-electron chi connectivity index (χ1n) is 22.5. The maximum Gasteiger partial charge on any atom is 0.300 e. The van der Waals surface area contributed by atoms with E-state index in [9.17, 15) is 9.59 Å². The number of anilines is 4. The number of rotatable bonds is 6. The van der Waals surface area contributed by atoms with Gasteiger partial charge in [0.1, 0.15) is 36.8 Å². The quantitative estimate of drug-likeness (QED) is 0.196. The Bertz CT molecular complexity index is 2430. The van der Waals surface area contributed by atoms with Gasteiger partial charge in [-0.1, -0.05) is 60.7 Å². The summed E-state index contributed by atoms with van der Waals surface area (Å²) in [5, 5.41) is 23.3. The number of likely N-dealkylation sites (tertiary alicyclic amines) is 2. The minimum atomic E-state index is -0.833. The summed E-state index contributed by atoms with van der Waals surface area (Å²) in [4.78, 5) is 56.0. The van der Waals surface area contributed by atoms with Crippen LogP contribution in [0.5, 0.6) is 11.5 Å². The molecule has 0 spiro atoms. The molecular formula is C50H62N10O8. The highest BCUT2D eigenvalue weighted by molar-refractivity contribution is 6.11. The average Bonchev–Trinajstić information content (AvgIpc) is 3.29. The third kappa shape index (κ3) is 9.92. The van der Waals surface area contributed by atoms with E-state index in [2.05, 4.69) is 155 Å². The van der Waals surface area contributed by atoms with E-state index in [1.165, 1.54) is 0 Å². The highest BCUT2D eigenvalue weighted by Crippen LogP contribution is 2.47. The second kappa shape index (κ2) is 19.6. The molecule has 10 rings (SSSR count). The van der Waals surface area contributed by atoms with Crippen LogP contribution in [0.1, 0.15) is 41.5 Å². The molecule has 6 heterocycles. The number of nitrogens with one attached hydrogen (secondary N) is 2. The second-order valence-corrected chi connectivity index (χ2v) is 18.6. The normalized spacial score (nSPS) is 20.3. The van der Waals surface area contributed by atoms with Gasteiger partial charge in [-0.05, 0) is 77.2 Å². The third-order valence-electron chi connectivity index (χ3n) is 13.0. The van der Waals surface area contributed by atoms with Gasteiger partial charge in [0.2, 0.25) is 0 Å². The zero-order valence-corrected chi connectivity index (χ0v) is 40.4. The van der Waals surface area contributed by atoms with E-state index in [-0.39, 0.29) is 35.0 Å². The van der Waals surface area contributed by atoms with Crippen molar-refractivity contribution in [2.75, 3.05) is 87.2 Å². The van der Waals surface area contributed by atoms with Gasteiger partial charge in [0, 0.05) is 76.6 Å². The van der Waals surface area contributed by atoms with Gasteiger partial charge in [0.25, 0.3) is 23.8 Å². The Balaban J connectivity index is 0.000000174. The summed E-state index contributed by atoms with van der Waals surface area (Å²) in [7, 11) is 8.61. The summed E-state index contributed by atoms with van der Waals surface area (Å²) in [5.74, 6) is 1.13. The fourth-order valence-corrected chi connectivity index (χ4v) is 9.61. The fourth-order valence-electron chi connectivity index (χ4n) is 9.61. The number of aliphatic carboxylic acids is 2. The van der Waals surface area contributed by atoms with Crippen LogP contribution in [0.4, 0.5) is 22.7 Å². The van der Waals surface area contributed by atoms with E-state index in [1.54, 1.807) is 0 Å². The number of hydrogen-bond donors (Lipinski definition) is 4. The Morgan fingerprint density at radius 3 is 1.26 bits per heavy atom. The van der Waals surface area contributed by atoms with Crippen LogP contribution in [0.2, 0.25) is 0 Å². The molecule has 6 aliphatic heterocycles. The van der Waals surface area contributed by atoms with Gasteiger partial charge in [0.15, 0.2) is 11.7 Å². The van der Waals surface area contributed by atoms with E-state index in [0.717, 1.165) is 108 Å². The summed E-state index contributed by atoms with van der Waals surface area (Å²) in [6, 6.07) is 28.6. The summed E-state index contributed by atoms with van der Waals surface area (Å²) < 4.78 is 12.1. The second-order valence-electron chi connectivity index (χ2n) is 18.6. The van der Waals surface area contributed by atoms with Crippen LogP contribution in [-0.2, 0) is 19.2 Å². The van der Waals surface area contributed by atoms with Crippen LogP contribution in [0.15, 0.2) is 95.1 Å². The average molecular weight is 931 g/mol. The molecule has 2 saturated heterocycles. The lowest BCUT2D eigenvalue weighted by Crippen LogP contribution is -2.66. The molecule has 4 aromatic rings. The number of ether oxygens (including phenoxy) is 2. The first-order chi connectivity index (χ1) is 32.2. The largest absolute Gasteiger partial charge is 0.483 e. The highest BCUT2D eigenvalue weighted by Gasteiger charge is 2.44. The Kier molecular flexibility index (Phi) is 14.0. The number of carbonyl (C=O) groups excluding carboxylic acids is 2. The number of benzene rings is 4. The molecular weight excluding hydrogens is 869 g/mol. The first kappa shape index (κ1) is 48.7. The SMILES string of the molecule is CC(=O)O.CC(=O)O.C[C@@H]1C(=O)NN=C2COc3cc(-c4ccccc4)c(N(C)C4(C)CN(C)C4)cc3N21.C[C@H]1C(=O)NN=C2COc3cc(-c4ccccc4)c(N(C)C4(C)CN(C)C4)cc3N21. The molecule has 6 aliphatic rings. The van der Waals surface area contributed by atoms with Crippen molar-refractivity contribution in [1.29, 1.82) is 0 Å². The minimum Gasteiger partial charge on any atom is -0.483 e. The van der Waals surface area contributed by atoms with Crippen molar-refractivity contribution in [1.82, 2.24) is 20.7 Å². The van der Waals surface area contributed by atoms with E-state index >= 15 is 0 Å². The van der Waals surface area contributed by atoms with Crippen molar-refractivity contribution >= 4 is 58.2 Å². The number of likely N-dealkylation sites (N-methyl/N-ethyl adjacent to an activating group) is 4. The van der Waals surface area contributed by atoms with Gasteiger partial charge in [0.05, 0.1) is 22.5 Å². The smallest absolute Gasteiger partial charge is 0.300 e. The fraction of sp³-hybridized carbons (Fsp3) is 0.400. The molecule has 0 aliphatic carbocycles. The van der Waals surface area contributed by atoms with Gasteiger partial charge in [-0.3, -0.25) is 19.2 Å². The molecule has 0 saturated carbocycles. The monoisotopic (exact) mass is 930 g/mol. The molecule has 0 aromatic heterocycles. The molecule has 68 heavy (non-hydrogen) atoms. The van der Waals surface area contributed by atoms with Gasteiger partial charge in [-0.2, -0.15) is 10.2 Å². The Morgan fingerprint density at radius 1 is 0.632 bits per heavy atom. The highest BCUT2D eigenvalue weighted by atomic mass is 16.5. The third-order valence-corrected chi connectivity index (χ3v) is 13.0. The van der Waals surface area contributed by atoms with Crippen molar-refractivity contribution in [3.8, 4) is 33.8 Å². The standard InChI is InChI=1S/2C23H27N5O2.2C2H4O2/c2*1-15-22(29)25-24-21-12-30-20-10-17(16-8-6-5-7-9-16)18(11-19(20)28(15)21)27(4)23(2)13-26(3)14-23;2*1-2(3)4/h2*5-11,15H,12-14H2,1-4H3,(H,25,29);2*1H3,(H,3,4)/t2*15-;;/m10../s1. The Morgan fingerprint density at radius 2 is 0.956 bits per heavy atom. The van der Waals surface area contributed by atoms with Gasteiger partial charge < -0.3 is 49.1 Å². The molecule has 360 valence electrons. The summed E-state index contributed by atoms with van der Waals surface area (Å²) in [6.07, 6.45) is 0. The van der Waals surface area contributed by atoms with E-state index < -0.39 is 11.9 Å². The predicted octanol–water partition coefficient (Wildman–Crippen LogP) is 5.23. The van der Waals surface area contributed by atoms with Crippen molar-refractivity contribution in [3.63, 3.8) is 0 Å². The number of hydrazone groups is 2. The Hall–Kier alpha value is -7.18. The zero-order chi connectivity index (χ0) is 49.2. The lowest BCUT2D eigenvalue weighted by Gasteiger charge is -2.53. The number of fused-ring (bicyclic) bond motifs is 6. The number of carboxylic acids is 2. The van der Waals surface area contributed by atoms with Crippen LogP contribution >= 0.6 is 0 Å². The van der Waals surface area contributed by atoms with Gasteiger partial charge in [-0.15, -0.1) is 0 Å². The van der Waals surface area contributed by atoms with Gasteiger partial charge >= 0.3 is 0 Å². The summed E-state index contributed by atoms with van der Waals surface area (Å²) in [6.45, 7) is 15.2. The number of amides is 2. The number of hydrogen-bond acceptors (Lipinski definition) is 14. The van der Waals surface area contributed by atoms with Crippen LogP contribution in [-0.4, -0.2) is 146 Å². The lowest BCUT2D eigenvalue weighted by molar-refractivity contribution is -0.135. The molecule has 2 atom stereocenters. The zero-order valence-electron chi connectivity index (χ0n) is 40.4. The predicted molar refractivity (Wildman–Crippen MR) is 265 cm³/mol. The summed E-state index contributed by atoms with van der Waals surface area (Å²) >= 11 is 0. The molecule has 4 N–H and O–H groups in total. The molecule has 18 heteroatoms. The van der Waals surface area contributed by atoms with Crippen LogP contribution in [0.25, 0.3) is 22.3 Å². The molecule has 0 radical (unpaired) electrons. The van der Waals surface area contributed by atoms with Crippen molar-refractivity contribution in [2.45, 2.75) is 64.7 Å². The topological polar surface area (TPSA) is 195 Å². The number of carbonyl (C=O) groups is 4. The van der Waals surface area contributed by atoms with E-state index in [0.29, 0.717) is 13.2 Å². The number of nitrogens with zero attached hydrogens (tertiary/aromatic N) is 8. The maximum atomic E-state index is 12.3. The van der Waals surface area contributed by atoms with Crippen molar-refractivity contribution in [3.05, 3.63) is 84.9 Å². The number of carboxylic acid groups (broad SMARTS) is 2. The molecule has 0 unspecified atom stereocenters. The van der Waals surface area contributed by atoms with Crippen LogP contribution in [0, 0.1) is 0 Å². The maximum absolute atomic E-state index is 12.3. The van der Waals surface area contributed by atoms with Crippen molar-refractivity contribution in [2.24, 2.45) is 10.2 Å². The molecule has 2 fully saturated rings. The minimum absolute atomic E-state index is 0.0455. The lowest BCUT2D eigenvalue weighted by atomic mass is 9.89.